The van der Waals surface area contributed by atoms with Gasteiger partial charge < -0.3 is 14.2 Å². The zero-order valence-electron chi connectivity index (χ0n) is 18.8. The number of esters is 2. The van der Waals surface area contributed by atoms with Gasteiger partial charge >= 0.3 is 11.9 Å². The Hall–Kier alpha value is -1.10. The molecule has 1 rings (SSSR count). The van der Waals surface area contributed by atoms with Crippen molar-refractivity contribution in [2.45, 2.75) is 111 Å². The zero-order valence-corrected chi connectivity index (χ0v) is 18.8. The van der Waals surface area contributed by atoms with Gasteiger partial charge in [0.05, 0.1) is 12.7 Å². The van der Waals surface area contributed by atoms with Crippen LogP contribution in [0.5, 0.6) is 0 Å². The van der Waals surface area contributed by atoms with Gasteiger partial charge in [-0.3, -0.25) is 9.59 Å². The summed E-state index contributed by atoms with van der Waals surface area (Å²) in [5, 5.41) is 0. The third-order valence-corrected chi connectivity index (χ3v) is 6.08. The monoisotopic (exact) mass is 398 g/mol. The van der Waals surface area contributed by atoms with Crippen molar-refractivity contribution in [2.24, 2.45) is 11.3 Å². The van der Waals surface area contributed by atoms with Gasteiger partial charge in [0, 0.05) is 12.8 Å². The van der Waals surface area contributed by atoms with Gasteiger partial charge in [-0.1, -0.05) is 53.9 Å². The van der Waals surface area contributed by atoms with Crippen molar-refractivity contribution >= 4 is 11.9 Å². The second-order valence-electron chi connectivity index (χ2n) is 8.86. The fraction of sp³-hybridized carbons (Fsp3) is 0.913. The van der Waals surface area contributed by atoms with Gasteiger partial charge in [0.1, 0.15) is 6.61 Å². The van der Waals surface area contributed by atoms with Crippen molar-refractivity contribution in [1.29, 1.82) is 0 Å². The average molecular weight is 399 g/mol. The molecule has 0 aromatic rings. The van der Waals surface area contributed by atoms with E-state index >= 15 is 0 Å². The first-order valence-electron chi connectivity index (χ1n) is 11.3. The number of hydrogen-bond donors (Lipinski definition) is 0. The van der Waals surface area contributed by atoms with E-state index in [1.54, 1.807) is 0 Å². The van der Waals surface area contributed by atoms with E-state index in [1.165, 1.54) is 6.42 Å². The summed E-state index contributed by atoms with van der Waals surface area (Å²) in [6, 6.07) is 0. The van der Waals surface area contributed by atoms with E-state index in [9.17, 15) is 9.59 Å². The summed E-state index contributed by atoms with van der Waals surface area (Å²) in [5.41, 5.74) is 0.294. The van der Waals surface area contributed by atoms with Crippen LogP contribution in [-0.2, 0) is 23.8 Å². The van der Waals surface area contributed by atoms with Crippen LogP contribution in [0.4, 0.5) is 0 Å². The quantitative estimate of drug-likeness (QED) is 0.386. The van der Waals surface area contributed by atoms with E-state index in [-0.39, 0.29) is 31.3 Å². The molecule has 0 heterocycles. The molecule has 0 bridgehead atoms. The normalized spacial score (nSPS) is 23.4. The van der Waals surface area contributed by atoms with Crippen molar-refractivity contribution in [2.75, 3.05) is 13.2 Å². The highest BCUT2D eigenvalue weighted by molar-refractivity contribution is 5.70. The van der Waals surface area contributed by atoms with Crippen LogP contribution in [0.1, 0.15) is 98.8 Å². The van der Waals surface area contributed by atoms with Crippen molar-refractivity contribution < 1.29 is 23.8 Å². The van der Waals surface area contributed by atoms with Crippen molar-refractivity contribution in [3.63, 3.8) is 0 Å². The van der Waals surface area contributed by atoms with Crippen molar-refractivity contribution in [3.05, 3.63) is 0 Å². The van der Waals surface area contributed by atoms with Gasteiger partial charge in [-0.2, -0.15) is 0 Å². The topological polar surface area (TPSA) is 61.8 Å². The summed E-state index contributed by atoms with van der Waals surface area (Å²) in [5.74, 6) is 0.137. The molecule has 0 saturated heterocycles. The molecule has 1 saturated carbocycles. The Bertz CT molecular complexity index is 462. The molecule has 0 aromatic heterocycles. The molecule has 1 aliphatic rings. The number of unbranched alkanes of at least 4 members (excludes halogenated alkanes) is 2. The third kappa shape index (κ3) is 9.40. The van der Waals surface area contributed by atoms with E-state index in [4.69, 9.17) is 14.2 Å². The molecule has 5 heteroatoms. The molecular weight excluding hydrogens is 356 g/mol. The van der Waals surface area contributed by atoms with Crippen LogP contribution in [0.25, 0.3) is 0 Å². The van der Waals surface area contributed by atoms with Gasteiger partial charge in [-0.25, -0.2) is 0 Å². The minimum Gasteiger partial charge on any atom is -0.462 e. The Morgan fingerprint density at radius 2 is 1.68 bits per heavy atom. The molecular formula is C23H42O5. The maximum absolute atomic E-state index is 12.1. The summed E-state index contributed by atoms with van der Waals surface area (Å²) in [6.07, 6.45) is 8.41. The molecule has 1 fully saturated rings. The lowest BCUT2D eigenvalue weighted by Gasteiger charge is -2.41. The molecule has 0 aliphatic heterocycles. The molecule has 3 atom stereocenters. The predicted molar refractivity (Wildman–Crippen MR) is 111 cm³/mol. The lowest BCUT2D eigenvalue weighted by atomic mass is 9.67. The van der Waals surface area contributed by atoms with Crippen LogP contribution in [0.2, 0.25) is 0 Å². The highest BCUT2D eigenvalue weighted by Gasteiger charge is 2.35. The summed E-state index contributed by atoms with van der Waals surface area (Å²) in [7, 11) is 0. The third-order valence-electron chi connectivity index (χ3n) is 6.08. The average Bonchev–Trinajstić information content (AvgIpc) is 2.66. The lowest BCUT2D eigenvalue weighted by Crippen LogP contribution is -2.37. The number of ether oxygens (including phenoxy) is 3. The molecule has 1 aliphatic carbocycles. The molecule has 3 unspecified atom stereocenters. The number of rotatable bonds is 13. The largest absolute Gasteiger partial charge is 0.462 e. The van der Waals surface area contributed by atoms with Gasteiger partial charge in [-0.15, -0.1) is 0 Å². The molecule has 0 aromatic carbocycles. The van der Waals surface area contributed by atoms with Gasteiger partial charge in [0.25, 0.3) is 0 Å². The molecule has 28 heavy (non-hydrogen) atoms. The Kier molecular flexibility index (Phi) is 11.7. The Morgan fingerprint density at radius 3 is 2.29 bits per heavy atom. The van der Waals surface area contributed by atoms with Crippen LogP contribution in [0.3, 0.4) is 0 Å². The van der Waals surface area contributed by atoms with Crippen LogP contribution >= 0.6 is 0 Å². The van der Waals surface area contributed by atoms with Gasteiger partial charge in [0.15, 0.2) is 6.10 Å². The number of carbonyl (C=O) groups is 2. The highest BCUT2D eigenvalue weighted by atomic mass is 16.6. The van der Waals surface area contributed by atoms with E-state index in [1.807, 2.05) is 13.8 Å². The first kappa shape index (κ1) is 24.9. The SMILES string of the molecule is CCCCC(=O)OCC(COC1CCCC(C)(C(C)C)C1)OC(=O)CCCC. The second kappa shape index (κ2) is 13.2. The molecule has 0 spiro atoms. The molecule has 164 valence electrons. The van der Waals surface area contributed by atoms with Crippen LogP contribution in [0, 0.1) is 11.3 Å². The summed E-state index contributed by atoms with van der Waals surface area (Å²) < 4.78 is 17.0. The van der Waals surface area contributed by atoms with Crippen LogP contribution in [0.15, 0.2) is 0 Å². The molecule has 0 radical (unpaired) electrons. The second-order valence-corrected chi connectivity index (χ2v) is 8.86. The minimum atomic E-state index is -0.526. The molecule has 5 nitrogen and oxygen atoms in total. The standard InChI is InChI=1S/C23H42O5/c1-6-8-12-21(24)27-17-20(28-22(25)13-9-7-2)16-26-19-11-10-14-23(5,15-19)18(3)4/h18-20H,6-17H2,1-5H3. The fourth-order valence-electron chi connectivity index (χ4n) is 3.63. The highest BCUT2D eigenvalue weighted by Crippen LogP contribution is 2.42. The number of hydrogen-bond acceptors (Lipinski definition) is 5. The fourth-order valence-corrected chi connectivity index (χ4v) is 3.63. The molecule has 0 amide bonds. The van der Waals surface area contributed by atoms with E-state index < -0.39 is 6.10 Å². The predicted octanol–water partition coefficient (Wildman–Crippen LogP) is 5.44. The number of carbonyl (C=O) groups excluding carboxylic acids is 2. The minimum absolute atomic E-state index is 0.0780. The van der Waals surface area contributed by atoms with E-state index in [0.717, 1.165) is 44.9 Å². The van der Waals surface area contributed by atoms with Crippen molar-refractivity contribution in [1.82, 2.24) is 0 Å². The first-order valence-corrected chi connectivity index (χ1v) is 11.3. The lowest BCUT2D eigenvalue weighted by molar-refractivity contribution is -0.165. The van der Waals surface area contributed by atoms with Crippen molar-refractivity contribution in [3.8, 4) is 0 Å². The first-order chi connectivity index (χ1) is 13.3. The Balaban J connectivity index is 2.55. The summed E-state index contributed by atoms with van der Waals surface area (Å²) in [4.78, 5) is 23.9. The smallest absolute Gasteiger partial charge is 0.306 e. The maximum atomic E-state index is 12.1. The van der Waals surface area contributed by atoms with Gasteiger partial charge in [-0.05, 0) is 43.4 Å². The van der Waals surface area contributed by atoms with Gasteiger partial charge in [0.2, 0.25) is 0 Å². The Morgan fingerprint density at radius 1 is 1.04 bits per heavy atom. The summed E-state index contributed by atoms with van der Waals surface area (Å²) in [6.45, 7) is 11.3. The molecule has 0 N–H and O–H groups in total. The summed E-state index contributed by atoms with van der Waals surface area (Å²) >= 11 is 0. The van der Waals surface area contributed by atoms with E-state index in [2.05, 4.69) is 20.8 Å². The zero-order chi connectivity index (χ0) is 21.0. The van der Waals surface area contributed by atoms with Crippen LogP contribution in [-0.4, -0.2) is 37.4 Å². The van der Waals surface area contributed by atoms with Crippen LogP contribution < -0.4 is 0 Å². The maximum Gasteiger partial charge on any atom is 0.306 e. The van der Waals surface area contributed by atoms with E-state index in [0.29, 0.717) is 24.2 Å². The Labute approximate surface area is 171 Å².